The highest BCUT2D eigenvalue weighted by Crippen LogP contribution is 2.43. The van der Waals surface area contributed by atoms with E-state index in [0.717, 1.165) is 44.7 Å². The number of carbonyl (C=O) groups is 3. The molecule has 0 aliphatic carbocycles. The number of rotatable bonds is 12. The Balaban J connectivity index is 1.01. The lowest BCUT2D eigenvalue weighted by Gasteiger charge is -2.41. The highest BCUT2D eigenvalue weighted by atomic mass is 32.2. The number of imide groups is 1. The van der Waals surface area contributed by atoms with Crippen molar-refractivity contribution >= 4 is 29.7 Å². The SMILES string of the molecule is CC1C(CSc2ccccc2)OC(c2ccc(-c3cccc(CN4C(=O)CC(NC(=O)OCc5ccccc5)C4=O)c3)cc2)OC1c1ccc(CO)cc1. The van der Waals surface area contributed by atoms with Crippen LogP contribution >= 0.6 is 11.8 Å². The molecule has 54 heavy (non-hydrogen) atoms. The van der Waals surface area contributed by atoms with Crippen LogP contribution in [0.5, 0.6) is 0 Å². The van der Waals surface area contributed by atoms with Gasteiger partial charge in [-0.2, -0.15) is 0 Å². The number of nitrogens with zero attached hydrogens (tertiary/aromatic N) is 1. The van der Waals surface area contributed by atoms with Crippen molar-refractivity contribution in [3.05, 3.63) is 161 Å². The van der Waals surface area contributed by atoms with Crippen molar-refractivity contribution in [2.45, 2.75) is 62.5 Å². The second-order valence-electron chi connectivity index (χ2n) is 13.5. The summed E-state index contributed by atoms with van der Waals surface area (Å²) in [5.74, 6) is 0.0240. The lowest BCUT2D eigenvalue weighted by Crippen LogP contribution is -2.41. The third-order valence-electron chi connectivity index (χ3n) is 9.81. The van der Waals surface area contributed by atoms with Gasteiger partial charge in [0.1, 0.15) is 12.6 Å². The molecule has 5 aromatic carbocycles. The summed E-state index contributed by atoms with van der Waals surface area (Å²) in [5, 5.41) is 12.1. The maximum Gasteiger partial charge on any atom is 0.408 e. The fourth-order valence-electron chi connectivity index (χ4n) is 6.74. The molecule has 0 radical (unpaired) electrons. The molecule has 5 unspecified atom stereocenters. The minimum absolute atomic E-state index is 0.0148. The van der Waals surface area contributed by atoms with Gasteiger partial charge < -0.3 is 24.6 Å². The predicted octanol–water partition coefficient (Wildman–Crippen LogP) is 7.98. The molecule has 276 valence electrons. The zero-order chi connectivity index (χ0) is 37.4. The number of carbonyl (C=O) groups excluding carboxylic acids is 3. The Morgan fingerprint density at radius 2 is 1.48 bits per heavy atom. The standard InChI is InChI=1S/C44H42N2O7S/c1-29-39(28-54-37-13-6-3-7-14-37)52-43(53-41(29)34-17-15-30(26-47)16-18-34)35-21-19-33(20-22-35)36-12-8-11-32(23-36)25-46-40(48)24-38(42(46)49)45-44(50)51-27-31-9-4-2-5-10-31/h2-23,29,38-39,41,43,47H,24-28H2,1H3,(H,45,50). The van der Waals surface area contributed by atoms with Crippen LogP contribution in [-0.4, -0.2) is 45.8 Å². The summed E-state index contributed by atoms with van der Waals surface area (Å²) in [5.41, 5.74) is 6.27. The number of aliphatic hydroxyl groups excluding tert-OH is 1. The van der Waals surface area contributed by atoms with Gasteiger partial charge in [-0.15, -0.1) is 11.8 Å². The van der Waals surface area contributed by atoms with Crippen molar-refractivity contribution in [2.24, 2.45) is 5.92 Å². The first-order valence-electron chi connectivity index (χ1n) is 18.0. The van der Waals surface area contributed by atoms with Gasteiger partial charge in [-0.1, -0.05) is 122 Å². The molecule has 0 spiro atoms. The van der Waals surface area contributed by atoms with Gasteiger partial charge in [0, 0.05) is 22.1 Å². The van der Waals surface area contributed by atoms with E-state index >= 15 is 0 Å². The van der Waals surface area contributed by atoms with Gasteiger partial charge in [0.2, 0.25) is 5.91 Å². The number of ether oxygens (including phenoxy) is 3. The quantitative estimate of drug-likeness (QED) is 0.0978. The van der Waals surface area contributed by atoms with Crippen molar-refractivity contribution in [3.8, 4) is 11.1 Å². The lowest BCUT2D eigenvalue weighted by molar-refractivity contribution is -0.268. The Morgan fingerprint density at radius 3 is 2.20 bits per heavy atom. The summed E-state index contributed by atoms with van der Waals surface area (Å²) in [6.07, 6.45) is -1.75. The van der Waals surface area contributed by atoms with E-state index in [-0.39, 0.29) is 50.2 Å². The zero-order valence-electron chi connectivity index (χ0n) is 29.9. The first-order chi connectivity index (χ1) is 26.3. The number of thioether (sulfide) groups is 1. The Bertz CT molecular complexity index is 2040. The number of aliphatic hydroxyl groups is 1. The predicted molar refractivity (Wildman–Crippen MR) is 206 cm³/mol. The Kier molecular flexibility index (Phi) is 11.8. The van der Waals surface area contributed by atoms with Crippen molar-refractivity contribution < 1.29 is 33.7 Å². The molecule has 2 aliphatic rings. The summed E-state index contributed by atoms with van der Waals surface area (Å²) in [6, 6.07) is 42.2. The summed E-state index contributed by atoms with van der Waals surface area (Å²) in [7, 11) is 0. The summed E-state index contributed by atoms with van der Waals surface area (Å²) >= 11 is 1.76. The minimum atomic E-state index is -0.972. The van der Waals surface area contributed by atoms with E-state index < -0.39 is 24.3 Å². The average Bonchev–Trinajstić information content (AvgIpc) is 3.47. The number of amides is 3. The summed E-state index contributed by atoms with van der Waals surface area (Å²) in [6.45, 7) is 2.30. The maximum atomic E-state index is 13.2. The van der Waals surface area contributed by atoms with Crippen molar-refractivity contribution in [3.63, 3.8) is 0 Å². The Hall–Kier alpha value is -5.26. The number of alkyl carbamates (subject to hydrolysis) is 1. The molecule has 2 heterocycles. The van der Waals surface area contributed by atoms with Crippen molar-refractivity contribution in [1.29, 1.82) is 0 Å². The van der Waals surface area contributed by atoms with E-state index in [0.29, 0.717) is 0 Å². The first kappa shape index (κ1) is 37.1. The molecule has 2 saturated heterocycles. The molecule has 0 saturated carbocycles. The molecule has 7 rings (SSSR count). The van der Waals surface area contributed by atoms with Crippen LogP contribution in [0.3, 0.4) is 0 Å². The fourth-order valence-corrected chi connectivity index (χ4v) is 7.83. The number of likely N-dealkylation sites (tertiary alicyclic amines) is 1. The van der Waals surface area contributed by atoms with Crippen LogP contribution in [0.2, 0.25) is 0 Å². The van der Waals surface area contributed by atoms with Crippen molar-refractivity contribution in [1.82, 2.24) is 10.2 Å². The largest absolute Gasteiger partial charge is 0.445 e. The van der Waals surface area contributed by atoms with Crippen LogP contribution < -0.4 is 5.32 Å². The Morgan fingerprint density at radius 1 is 0.796 bits per heavy atom. The third kappa shape index (κ3) is 8.91. The van der Waals surface area contributed by atoms with Gasteiger partial charge in [-0.25, -0.2) is 4.79 Å². The second-order valence-corrected chi connectivity index (χ2v) is 14.6. The van der Waals surface area contributed by atoms with Gasteiger partial charge in [0.15, 0.2) is 6.29 Å². The maximum absolute atomic E-state index is 13.2. The molecule has 2 N–H and O–H groups in total. The van der Waals surface area contributed by atoms with Crippen LogP contribution in [0.25, 0.3) is 11.1 Å². The van der Waals surface area contributed by atoms with E-state index in [4.69, 9.17) is 14.2 Å². The molecular weight excluding hydrogens is 701 g/mol. The number of nitrogens with one attached hydrogen (secondary N) is 1. The van der Waals surface area contributed by atoms with Crippen LogP contribution in [0.15, 0.2) is 138 Å². The number of benzene rings is 5. The smallest absolute Gasteiger partial charge is 0.408 e. The fraction of sp³-hybridized carbons (Fsp3) is 0.250. The normalized spacial score (nSPS) is 21.2. The van der Waals surface area contributed by atoms with Gasteiger partial charge >= 0.3 is 6.09 Å². The van der Waals surface area contributed by atoms with Crippen LogP contribution in [-0.2, 0) is 43.6 Å². The zero-order valence-corrected chi connectivity index (χ0v) is 30.7. The molecule has 0 bridgehead atoms. The van der Waals surface area contributed by atoms with E-state index in [9.17, 15) is 19.5 Å². The van der Waals surface area contributed by atoms with Crippen LogP contribution in [0, 0.1) is 5.92 Å². The molecule has 2 aliphatic heterocycles. The monoisotopic (exact) mass is 742 g/mol. The lowest BCUT2D eigenvalue weighted by atomic mass is 9.91. The van der Waals surface area contributed by atoms with Crippen LogP contribution in [0.1, 0.15) is 53.6 Å². The third-order valence-corrected chi connectivity index (χ3v) is 10.9. The molecular formula is C44H42N2O7S. The highest BCUT2D eigenvalue weighted by Gasteiger charge is 2.40. The average molecular weight is 743 g/mol. The van der Waals surface area contributed by atoms with Gasteiger partial charge in [0.25, 0.3) is 5.91 Å². The molecule has 5 aromatic rings. The van der Waals surface area contributed by atoms with Gasteiger partial charge in [-0.3, -0.25) is 14.5 Å². The van der Waals surface area contributed by atoms with E-state index in [1.165, 1.54) is 9.80 Å². The molecule has 5 atom stereocenters. The number of hydrogen-bond acceptors (Lipinski definition) is 8. The van der Waals surface area contributed by atoms with Crippen LogP contribution in [0.4, 0.5) is 4.79 Å². The van der Waals surface area contributed by atoms with E-state index in [2.05, 4.69) is 24.4 Å². The number of hydrogen-bond donors (Lipinski definition) is 2. The Labute approximate surface area is 319 Å². The molecule has 10 heteroatoms. The first-order valence-corrected chi connectivity index (χ1v) is 19.0. The minimum Gasteiger partial charge on any atom is -0.445 e. The van der Waals surface area contributed by atoms with Gasteiger partial charge in [-0.05, 0) is 51.6 Å². The second kappa shape index (κ2) is 17.3. The summed E-state index contributed by atoms with van der Waals surface area (Å²) < 4.78 is 18.6. The molecule has 0 aromatic heterocycles. The highest BCUT2D eigenvalue weighted by molar-refractivity contribution is 7.99. The van der Waals surface area contributed by atoms with Crippen molar-refractivity contribution in [2.75, 3.05) is 5.75 Å². The van der Waals surface area contributed by atoms with Gasteiger partial charge in [0.05, 0.1) is 31.8 Å². The summed E-state index contributed by atoms with van der Waals surface area (Å²) in [4.78, 5) is 40.8. The molecule has 9 nitrogen and oxygen atoms in total. The topological polar surface area (TPSA) is 114 Å². The molecule has 2 fully saturated rings. The van der Waals surface area contributed by atoms with E-state index in [1.54, 1.807) is 11.8 Å². The van der Waals surface area contributed by atoms with E-state index in [1.807, 2.05) is 121 Å². The molecule has 3 amide bonds.